The summed E-state index contributed by atoms with van der Waals surface area (Å²) in [7, 11) is 0. The van der Waals surface area contributed by atoms with Gasteiger partial charge >= 0.3 is 11.9 Å². The van der Waals surface area contributed by atoms with E-state index >= 15 is 0 Å². The fraction of sp³-hybridized carbons (Fsp3) is 0.500. The summed E-state index contributed by atoms with van der Waals surface area (Å²) in [5.41, 5.74) is 0. The highest BCUT2D eigenvalue weighted by molar-refractivity contribution is 6.26. The van der Waals surface area contributed by atoms with Crippen LogP contribution in [-0.4, -0.2) is 52.0 Å². The molecular weight excluding hydrogens is 244 g/mol. The number of aliphatic hydroxyl groups excluding tert-OH is 3. The van der Waals surface area contributed by atoms with Crippen LogP contribution >= 0.6 is 11.6 Å². The average Bonchev–Trinajstić information content (AvgIpc) is 2.53. The third-order valence-corrected chi connectivity index (χ3v) is 2.03. The average molecular weight is 253 g/mol. The summed E-state index contributed by atoms with van der Waals surface area (Å²) in [5.74, 6) is -4.06. The lowest BCUT2D eigenvalue weighted by atomic mass is 10.2. The minimum atomic E-state index is -1.47. The molecule has 7 nitrogen and oxygen atoms in total. The summed E-state index contributed by atoms with van der Waals surface area (Å²) in [6, 6.07) is 0. The fourth-order valence-electron chi connectivity index (χ4n) is 1.03. The van der Waals surface area contributed by atoms with Crippen molar-refractivity contribution in [3.63, 3.8) is 0 Å². The Morgan fingerprint density at radius 1 is 1.56 bits per heavy atom. The van der Waals surface area contributed by atoms with Crippen LogP contribution in [0.3, 0.4) is 0 Å². The molecule has 1 aliphatic heterocycles. The van der Waals surface area contributed by atoms with Gasteiger partial charge in [0.25, 0.3) is 0 Å². The molecule has 1 rings (SSSR count). The minimum absolute atomic E-state index is 0.385. The van der Waals surface area contributed by atoms with Crippen molar-refractivity contribution in [3.05, 3.63) is 11.5 Å². The van der Waals surface area contributed by atoms with Gasteiger partial charge in [-0.15, -0.1) is 11.6 Å². The van der Waals surface area contributed by atoms with Gasteiger partial charge in [-0.05, 0) is 0 Å². The van der Waals surface area contributed by atoms with E-state index in [1.165, 1.54) is 0 Å². The minimum Gasteiger partial charge on any atom is -0.505 e. The van der Waals surface area contributed by atoms with Crippen molar-refractivity contribution in [2.75, 3.05) is 12.5 Å². The molecular formula is C8H9ClO7. The van der Waals surface area contributed by atoms with E-state index in [0.29, 0.717) is 0 Å². The first-order valence-electron chi connectivity index (χ1n) is 4.20. The highest BCUT2D eigenvalue weighted by Gasteiger charge is 2.39. The van der Waals surface area contributed by atoms with E-state index in [2.05, 4.69) is 9.47 Å². The number of alkyl halides is 1. The van der Waals surface area contributed by atoms with Crippen LogP contribution in [0.25, 0.3) is 0 Å². The zero-order valence-electron chi connectivity index (χ0n) is 7.92. The second kappa shape index (κ2) is 5.04. The Hall–Kier alpha value is -1.47. The molecule has 0 amide bonds. The molecule has 0 aromatic carbocycles. The number of aliphatic hydroxyl groups is 3. The molecule has 0 aromatic rings. The SMILES string of the molecule is O=C(CCl)OCC(O)C1OC(=O)C(O)=C1O. The number of carbonyl (C=O) groups is 2. The molecule has 8 heteroatoms. The molecule has 0 bridgehead atoms. The fourth-order valence-corrected chi connectivity index (χ4v) is 1.11. The number of esters is 2. The smallest absolute Gasteiger partial charge is 0.377 e. The lowest BCUT2D eigenvalue weighted by molar-refractivity contribution is -0.153. The predicted molar refractivity (Wildman–Crippen MR) is 49.8 cm³/mol. The molecule has 2 unspecified atom stereocenters. The van der Waals surface area contributed by atoms with Gasteiger partial charge in [0.15, 0.2) is 11.9 Å². The molecule has 90 valence electrons. The number of hydrogen-bond donors (Lipinski definition) is 3. The van der Waals surface area contributed by atoms with Crippen LogP contribution in [0.15, 0.2) is 11.5 Å². The quantitative estimate of drug-likeness (QED) is 0.451. The lowest BCUT2D eigenvalue weighted by Gasteiger charge is -2.16. The van der Waals surface area contributed by atoms with Crippen molar-refractivity contribution in [1.82, 2.24) is 0 Å². The van der Waals surface area contributed by atoms with Gasteiger partial charge in [0, 0.05) is 0 Å². The van der Waals surface area contributed by atoms with Crippen molar-refractivity contribution >= 4 is 23.5 Å². The molecule has 0 saturated heterocycles. The molecule has 0 aromatic heterocycles. The first kappa shape index (κ1) is 12.6. The molecule has 1 aliphatic rings. The van der Waals surface area contributed by atoms with E-state index < -0.39 is 42.3 Å². The van der Waals surface area contributed by atoms with Crippen molar-refractivity contribution in [1.29, 1.82) is 0 Å². The second-order valence-corrected chi connectivity index (χ2v) is 3.21. The van der Waals surface area contributed by atoms with Crippen LogP contribution in [0.1, 0.15) is 0 Å². The van der Waals surface area contributed by atoms with Crippen LogP contribution in [0.5, 0.6) is 0 Å². The van der Waals surface area contributed by atoms with Crippen LogP contribution < -0.4 is 0 Å². The summed E-state index contributed by atoms with van der Waals surface area (Å²) < 4.78 is 8.88. The van der Waals surface area contributed by atoms with Crippen LogP contribution in [0.4, 0.5) is 0 Å². The first-order chi connectivity index (χ1) is 7.47. The third kappa shape index (κ3) is 2.56. The maximum Gasteiger partial charge on any atom is 0.377 e. The van der Waals surface area contributed by atoms with E-state index in [9.17, 15) is 19.8 Å². The molecule has 3 N–H and O–H groups in total. The highest BCUT2D eigenvalue weighted by atomic mass is 35.5. The molecule has 0 fully saturated rings. The standard InChI is InChI=1S/C8H9ClO7/c9-1-4(11)15-2-3(10)7-5(12)6(13)8(14)16-7/h3,7,10,12-13H,1-2H2. The van der Waals surface area contributed by atoms with Gasteiger partial charge in [-0.1, -0.05) is 0 Å². The largest absolute Gasteiger partial charge is 0.505 e. The highest BCUT2D eigenvalue weighted by Crippen LogP contribution is 2.21. The second-order valence-electron chi connectivity index (χ2n) is 2.94. The van der Waals surface area contributed by atoms with Gasteiger partial charge in [0.05, 0.1) is 0 Å². The van der Waals surface area contributed by atoms with Crippen molar-refractivity contribution < 1.29 is 34.4 Å². The normalized spacial score (nSPS) is 21.9. The molecule has 0 saturated carbocycles. The summed E-state index contributed by atoms with van der Waals surface area (Å²) in [4.78, 5) is 21.4. The Balaban J connectivity index is 2.53. The topological polar surface area (TPSA) is 113 Å². The number of cyclic esters (lactones) is 1. The van der Waals surface area contributed by atoms with Gasteiger partial charge in [0.1, 0.15) is 18.6 Å². The lowest BCUT2D eigenvalue weighted by Crippen LogP contribution is -2.33. The van der Waals surface area contributed by atoms with Crippen LogP contribution in [-0.2, 0) is 19.1 Å². The van der Waals surface area contributed by atoms with Crippen molar-refractivity contribution in [2.45, 2.75) is 12.2 Å². The van der Waals surface area contributed by atoms with Crippen LogP contribution in [0.2, 0.25) is 0 Å². The van der Waals surface area contributed by atoms with Gasteiger partial charge in [-0.25, -0.2) is 4.79 Å². The number of carbonyl (C=O) groups excluding carboxylic acids is 2. The molecule has 16 heavy (non-hydrogen) atoms. The Labute approximate surface area is 94.8 Å². The zero-order valence-corrected chi connectivity index (χ0v) is 8.68. The maximum atomic E-state index is 10.8. The summed E-state index contributed by atoms with van der Waals surface area (Å²) in [6.45, 7) is -0.513. The Kier molecular flexibility index (Phi) is 3.97. The van der Waals surface area contributed by atoms with Gasteiger partial charge < -0.3 is 24.8 Å². The Morgan fingerprint density at radius 3 is 2.62 bits per heavy atom. The van der Waals surface area contributed by atoms with E-state index in [0.717, 1.165) is 0 Å². The van der Waals surface area contributed by atoms with E-state index in [1.54, 1.807) is 0 Å². The Bertz CT molecular complexity index is 337. The number of halogens is 1. The summed E-state index contributed by atoms with van der Waals surface area (Å²) in [5, 5.41) is 27.5. The number of rotatable bonds is 4. The van der Waals surface area contributed by atoms with Crippen molar-refractivity contribution in [2.24, 2.45) is 0 Å². The molecule has 2 atom stereocenters. The van der Waals surface area contributed by atoms with E-state index in [1.807, 2.05) is 0 Å². The number of ether oxygens (including phenoxy) is 2. The number of hydrogen-bond acceptors (Lipinski definition) is 7. The molecule has 0 spiro atoms. The third-order valence-electron chi connectivity index (χ3n) is 1.81. The summed E-state index contributed by atoms with van der Waals surface area (Å²) in [6.07, 6.45) is -2.91. The van der Waals surface area contributed by atoms with E-state index in [-0.39, 0.29) is 5.88 Å². The van der Waals surface area contributed by atoms with Gasteiger partial charge in [-0.3, -0.25) is 4.79 Å². The zero-order chi connectivity index (χ0) is 12.3. The Morgan fingerprint density at radius 2 is 2.19 bits per heavy atom. The predicted octanol–water partition coefficient (Wildman–Crippen LogP) is -0.618. The molecule has 1 heterocycles. The van der Waals surface area contributed by atoms with Gasteiger partial charge in [-0.2, -0.15) is 0 Å². The molecule has 0 radical (unpaired) electrons. The van der Waals surface area contributed by atoms with Crippen LogP contribution in [0, 0.1) is 0 Å². The van der Waals surface area contributed by atoms with Gasteiger partial charge in [0.2, 0.25) is 5.76 Å². The van der Waals surface area contributed by atoms with Crippen molar-refractivity contribution in [3.8, 4) is 0 Å². The monoisotopic (exact) mass is 252 g/mol. The summed E-state index contributed by atoms with van der Waals surface area (Å²) >= 11 is 5.13. The first-order valence-corrected chi connectivity index (χ1v) is 4.73. The van der Waals surface area contributed by atoms with E-state index in [4.69, 9.17) is 16.7 Å². The maximum absolute atomic E-state index is 10.8. The molecule has 0 aliphatic carbocycles.